The van der Waals surface area contributed by atoms with Gasteiger partial charge >= 0.3 is 5.97 Å². The zero-order valence-electron chi connectivity index (χ0n) is 8.84. The average molecular weight is 206 g/mol. The number of carbonyl (C=O) groups is 1. The second kappa shape index (κ2) is 4.03. The van der Waals surface area contributed by atoms with Crippen molar-refractivity contribution in [1.82, 2.24) is 0 Å². The molecule has 2 rings (SSSR count). The third kappa shape index (κ3) is 2.36. The Kier molecular flexibility index (Phi) is 2.73. The van der Waals surface area contributed by atoms with Crippen LogP contribution in [0.25, 0.3) is 0 Å². The highest BCUT2D eigenvalue weighted by atomic mass is 16.6. The van der Waals surface area contributed by atoms with Gasteiger partial charge in [0.1, 0.15) is 6.10 Å². The maximum Gasteiger partial charge on any atom is 0.303 e. The summed E-state index contributed by atoms with van der Waals surface area (Å²) in [5.41, 5.74) is 0.988. The van der Waals surface area contributed by atoms with Gasteiger partial charge in [-0.15, -0.1) is 0 Å². The minimum absolute atomic E-state index is 0.0105. The summed E-state index contributed by atoms with van der Waals surface area (Å²) in [6, 6.07) is 9.69. The lowest BCUT2D eigenvalue weighted by Gasteiger charge is -2.14. The molecule has 1 aliphatic heterocycles. The van der Waals surface area contributed by atoms with Gasteiger partial charge in [-0.3, -0.25) is 4.79 Å². The monoisotopic (exact) mass is 206 g/mol. The molecule has 0 saturated carbocycles. The molecule has 3 heteroatoms. The molecule has 1 heterocycles. The quantitative estimate of drug-likeness (QED) is 0.561. The van der Waals surface area contributed by atoms with Crippen LogP contribution in [0.1, 0.15) is 25.5 Å². The number of hydrogen-bond acceptors (Lipinski definition) is 3. The summed E-state index contributed by atoms with van der Waals surface area (Å²) in [5.74, 6) is -0.272. The average Bonchev–Trinajstić information content (AvgIpc) is 2.93. The predicted octanol–water partition coefficient (Wildman–Crippen LogP) is 2.08. The first-order valence-corrected chi connectivity index (χ1v) is 5.06. The smallest absolute Gasteiger partial charge is 0.303 e. The third-order valence-corrected chi connectivity index (χ3v) is 2.48. The van der Waals surface area contributed by atoms with Crippen LogP contribution in [0.5, 0.6) is 0 Å². The van der Waals surface area contributed by atoms with Crippen molar-refractivity contribution in [2.75, 3.05) is 0 Å². The van der Waals surface area contributed by atoms with E-state index in [4.69, 9.17) is 9.47 Å². The van der Waals surface area contributed by atoms with Crippen LogP contribution < -0.4 is 0 Å². The highest BCUT2D eigenvalue weighted by Crippen LogP contribution is 2.36. The SMILES string of the molecule is CC(=O)O[C@H](c1ccccc1)[C@H]1O[C@@H]1C. The van der Waals surface area contributed by atoms with Gasteiger partial charge in [-0.1, -0.05) is 30.3 Å². The largest absolute Gasteiger partial charge is 0.455 e. The van der Waals surface area contributed by atoms with E-state index in [0.29, 0.717) is 0 Å². The first-order chi connectivity index (χ1) is 7.18. The lowest BCUT2D eigenvalue weighted by Crippen LogP contribution is -2.15. The van der Waals surface area contributed by atoms with Crippen LogP contribution in [0, 0.1) is 0 Å². The van der Waals surface area contributed by atoms with Crippen molar-refractivity contribution in [1.29, 1.82) is 0 Å². The molecule has 15 heavy (non-hydrogen) atoms. The number of benzene rings is 1. The zero-order valence-corrected chi connectivity index (χ0v) is 8.84. The molecule has 0 radical (unpaired) electrons. The van der Waals surface area contributed by atoms with Gasteiger partial charge in [0.2, 0.25) is 0 Å². The standard InChI is InChI=1S/C12H14O3/c1-8-11(14-8)12(15-9(2)13)10-6-4-3-5-7-10/h3-8,11-12H,1-2H3/t8-,11+,12-/m1/s1. The molecule has 0 amide bonds. The molecule has 0 N–H and O–H groups in total. The van der Waals surface area contributed by atoms with E-state index in [0.717, 1.165) is 5.56 Å². The second-order valence-corrected chi connectivity index (χ2v) is 3.75. The fourth-order valence-electron chi connectivity index (χ4n) is 1.67. The third-order valence-electron chi connectivity index (χ3n) is 2.48. The summed E-state index contributed by atoms with van der Waals surface area (Å²) in [4.78, 5) is 11.0. The van der Waals surface area contributed by atoms with E-state index in [2.05, 4.69) is 0 Å². The summed E-state index contributed by atoms with van der Waals surface area (Å²) < 4.78 is 10.6. The molecule has 1 aliphatic rings. The van der Waals surface area contributed by atoms with Crippen molar-refractivity contribution >= 4 is 5.97 Å². The highest BCUT2D eigenvalue weighted by Gasteiger charge is 2.44. The fourth-order valence-corrected chi connectivity index (χ4v) is 1.67. The molecule has 1 saturated heterocycles. The van der Waals surface area contributed by atoms with E-state index in [9.17, 15) is 4.79 Å². The summed E-state index contributed by atoms with van der Waals surface area (Å²) in [6.07, 6.45) is -0.0791. The van der Waals surface area contributed by atoms with Gasteiger partial charge < -0.3 is 9.47 Å². The van der Waals surface area contributed by atoms with Gasteiger partial charge in [-0.05, 0) is 12.5 Å². The maximum absolute atomic E-state index is 11.0. The molecule has 0 bridgehead atoms. The van der Waals surface area contributed by atoms with E-state index in [1.807, 2.05) is 37.3 Å². The zero-order chi connectivity index (χ0) is 10.8. The molecular weight excluding hydrogens is 192 g/mol. The summed E-state index contributed by atoms with van der Waals surface area (Å²) in [6.45, 7) is 3.40. The van der Waals surface area contributed by atoms with Crippen LogP contribution in [0.4, 0.5) is 0 Å². The van der Waals surface area contributed by atoms with Crippen LogP contribution >= 0.6 is 0 Å². The molecule has 1 aromatic carbocycles. The molecule has 3 nitrogen and oxygen atoms in total. The van der Waals surface area contributed by atoms with E-state index >= 15 is 0 Å². The molecule has 1 fully saturated rings. The Balaban J connectivity index is 2.15. The Hall–Kier alpha value is -1.35. The van der Waals surface area contributed by atoms with E-state index in [1.54, 1.807) is 0 Å². The summed E-state index contributed by atoms with van der Waals surface area (Å²) >= 11 is 0. The Morgan fingerprint density at radius 3 is 2.47 bits per heavy atom. The molecular formula is C12H14O3. The normalized spacial score (nSPS) is 25.7. The van der Waals surface area contributed by atoms with Gasteiger partial charge in [0, 0.05) is 6.92 Å². The van der Waals surface area contributed by atoms with Crippen molar-refractivity contribution in [3.8, 4) is 0 Å². The molecule has 1 aromatic rings. The van der Waals surface area contributed by atoms with Gasteiger partial charge in [0.25, 0.3) is 0 Å². The van der Waals surface area contributed by atoms with E-state index < -0.39 is 0 Å². The molecule has 0 unspecified atom stereocenters. The van der Waals surface area contributed by atoms with Gasteiger partial charge in [-0.2, -0.15) is 0 Å². The van der Waals surface area contributed by atoms with Crippen LogP contribution in [-0.4, -0.2) is 18.2 Å². The second-order valence-electron chi connectivity index (χ2n) is 3.75. The minimum Gasteiger partial charge on any atom is -0.455 e. The van der Waals surface area contributed by atoms with Crippen LogP contribution in [0.2, 0.25) is 0 Å². The molecule has 0 aliphatic carbocycles. The van der Waals surface area contributed by atoms with Crippen molar-refractivity contribution in [2.24, 2.45) is 0 Å². The lowest BCUT2D eigenvalue weighted by atomic mass is 10.1. The molecule has 0 aromatic heterocycles. The highest BCUT2D eigenvalue weighted by molar-refractivity contribution is 5.66. The minimum atomic E-state index is -0.272. The van der Waals surface area contributed by atoms with Crippen molar-refractivity contribution in [2.45, 2.75) is 32.2 Å². The van der Waals surface area contributed by atoms with E-state index in [1.165, 1.54) is 6.92 Å². The van der Waals surface area contributed by atoms with Gasteiger partial charge in [0.15, 0.2) is 6.10 Å². The molecule has 0 spiro atoms. The van der Waals surface area contributed by atoms with Crippen LogP contribution in [0.3, 0.4) is 0 Å². The van der Waals surface area contributed by atoms with Crippen molar-refractivity contribution in [3.63, 3.8) is 0 Å². The molecule has 3 atom stereocenters. The summed E-state index contributed by atoms with van der Waals surface area (Å²) in [7, 11) is 0. The Bertz CT molecular complexity index is 347. The maximum atomic E-state index is 11.0. The fraction of sp³-hybridized carbons (Fsp3) is 0.417. The molecule has 80 valence electrons. The first-order valence-electron chi connectivity index (χ1n) is 5.06. The predicted molar refractivity (Wildman–Crippen MR) is 55.3 cm³/mol. The number of hydrogen-bond donors (Lipinski definition) is 0. The Morgan fingerprint density at radius 2 is 2.00 bits per heavy atom. The number of ether oxygens (including phenoxy) is 2. The van der Waals surface area contributed by atoms with Gasteiger partial charge in [0.05, 0.1) is 6.10 Å². The summed E-state index contributed by atoms with van der Waals surface area (Å²) in [5, 5.41) is 0. The van der Waals surface area contributed by atoms with Crippen LogP contribution in [-0.2, 0) is 14.3 Å². The van der Waals surface area contributed by atoms with Crippen molar-refractivity contribution in [3.05, 3.63) is 35.9 Å². The Labute approximate surface area is 89.0 Å². The number of epoxide rings is 1. The first kappa shape index (κ1) is 10.2. The van der Waals surface area contributed by atoms with E-state index in [-0.39, 0.29) is 24.3 Å². The topological polar surface area (TPSA) is 38.8 Å². The number of carbonyl (C=O) groups excluding carboxylic acids is 1. The lowest BCUT2D eigenvalue weighted by molar-refractivity contribution is -0.147. The Morgan fingerprint density at radius 1 is 1.40 bits per heavy atom. The van der Waals surface area contributed by atoms with Gasteiger partial charge in [-0.25, -0.2) is 0 Å². The number of esters is 1. The van der Waals surface area contributed by atoms with Crippen LogP contribution in [0.15, 0.2) is 30.3 Å². The number of rotatable bonds is 3. The van der Waals surface area contributed by atoms with Crippen molar-refractivity contribution < 1.29 is 14.3 Å².